The van der Waals surface area contributed by atoms with E-state index in [1.807, 2.05) is 18.2 Å². The van der Waals surface area contributed by atoms with E-state index in [4.69, 9.17) is 17.3 Å². The number of aliphatic imine (C=N–C) groups is 2. The van der Waals surface area contributed by atoms with Gasteiger partial charge in [0.25, 0.3) is 0 Å². The molecule has 0 saturated carbocycles. The molecule has 1 aromatic rings. The molecule has 0 radical (unpaired) electrons. The number of alkyl halides is 1. The predicted molar refractivity (Wildman–Crippen MR) is 106 cm³/mol. The topological polar surface area (TPSA) is 93.0 Å². The molecule has 0 amide bonds. The Morgan fingerprint density at radius 3 is 2.76 bits per heavy atom. The number of rotatable bonds is 6. The van der Waals surface area contributed by atoms with Gasteiger partial charge in [0.15, 0.2) is 0 Å². The molecule has 1 saturated heterocycles. The fourth-order valence-corrected chi connectivity index (χ4v) is 2.72. The number of benzene rings is 1. The lowest BCUT2D eigenvalue weighted by Crippen LogP contribution is -2.44. The Hall–Kier alpha value is -2.56. The first-order valence-corrected chi connectivity index (χ1v) is 8.40. The van der Waals surface area contributed by atoms with Crippen molar-refractivity contribution in [2.24, 2.45) is 9.98 Å². The highest BCUT2D eigenvalue weighted by atomic mass is 35.5. The van der Waals surface area contributed by atoms with Gasteiger partial charge in [-0.1, -0.05) is 0 Å². The van der Waals surface area contributed by atoms with Crippen molar-refractivity contribution >= 4 is 41.7 Å². The Morgan fingerprint density at radius 2 is 2.16 bits per heavy atom. The third-order valence-electron chi connectivity index (χ3n) is 3.94. The maximum Gasteiger partial charge on any atom is 0.147 e. The van der Waals surface area contributed by atoms with Crippen molar-refractivity contribution in [1.82, 2.24) is 4.90 Å². The highest BCUT2D eigenvalue weighted by molar-refractivity contribution is 6.19. The second-order valence-corrected chi connectivity index (χ2v) is 5.96. The Kier molecular flexibility index (Phi) is 6.81. The van der Waals surface area contributed by atoms with Crippen molar-refractivity contribution < 1.29 is 0 Å². The van der Waals surface area contributed by atoms with E-state index >= 15 is 0 Å². The number of nitrogen functional groups attached to an aromatic ring is 1. The van der Waals surface area contributed by atoms with Gasteiger partial charge in [0.2, 0.25) is 0 Å². The summed E-state index contributed by atoms with van der Waals surface area (Å²) < 4.78 is 0. The van der Waals surface area contributed by atoms with Crippen LogP contribution in [0.25, 0.3) is 0 Å². The normalized spacial score (nSPS) is 16.4. The number of halogens is 1. The van der Waals surface area contributed by atoms with Crippen LogP contribution in [0.1, 0.15) is 0 Å². The summed E-state index contributed by atoms with van der Waals surface area (Å²) >= 11 is 5.86. The van der Waals surface area contributed by atoms with Crippen LogP contribution in [0.2, 0.25) is 0 Å². The smallest absolute Gasteiger partial charge is 0.147 e. The van der Waals surface area contributed by atoms with Crippen molar-refractivity contribution in [3.05, 3.63) is 29.6 Å². The molecule has 0 spiro atoms. The maximum absolute atomic E-state index is 9.28. The monoisotopic (exact) mass is 359 g/mol. The Balaban J connectivity index is 2.38. The van der Waals surface area contributed by atoms with Gasteiger partial charge in [-0.25, -0.2) is 4.99 Å². The third kappa shape index (κ3) is 4.95. The summed E-state index contributed by atoms with van der Waals surface area (Å²) in [4.78, 5) is 12.3. The molecule has 1 aromatic carbocycles. The van der Waals surface area contributed by atoms with E-state index in [1.165, 1.54) is 6.34 Å². The average molecular weight is 360 g/mol. The number of nitrogens with one attached hydrogen (secondary N) is 1. The van der Waals surface area contributed by atoms with Crippen molar-refractivity contribution in [3.8, 4) is 6.07 Å². The lowest BCUT2D eigenvalue weighted by molar-refractivity contribution is 0.313. The average Bonchev–Trinajstić information content (AvgIpc) is 2.61. The molecule has 0 aliphatic carbocycles. The molecule has 25 heavy (non-hydrogen) atoms. The molecular weight excluding hydrogens is 338 g/mol. The largest absolute Gasteiger partial charge is 0.399 e. The number of piperazine rings is 1. The fraction of sp³-hybridized carbons (Fsp3) is 0.353. The molecule has 0 aromatic heterocycles. The van der Waals surface area contributed by atoms with E-state index in [2.05, 4.69) is 44.9 Å². The molecule has 1 aliphatic heterocycles. The maximum atomic E-state index is 9.28. The van der Waals surface area contributed by atoms with Gasteiger partial charge >= 0.3 is 0 Å². The Labute approximate surface area is 153 Å². The van der Waals surface area contributed by atoms with E-state index < -0.39 is 0 Å². The van der Waals surface area contributed by atoms with E-state index in [0.29, 0.717) is 17.1 Å². The number of nitriles is 1. The van der Waals surface area contributed by atoms with Gasteiger partial charge in [-0.3, -0.25) is 4.99 Å². The zero-order valence-electron chi connectivity index (χ0n) is 14.2. The van der Waals surface area contributed by atoms with Crippen molar-refractivity contribution in [3.63, 3.8) is 0 Å². The van der Waals surface area contributed by atoms with Gasteiger partial charge in [0.1, 0.15) is 12.2 Å². The lowest BCUT2D eigenvalue weighted by atomic mass is 10.2. The molecule has 132 valence electrons. The van der Waals surface area contributed by atoms with Crippen LogP contribution in [-0.2, 0) is 0 Å². The van der Waals surface area contributed by atoms with Crippen LogP contribution in [0.4, 0.5) is 17.1 Å². The van der Waals surface area contributed by atoms with E-state index in [-0.39, 0.29) is 5.88 Å². The highest BCUT2D eigenvalue weighted by Gasteiger charge is 2.18. The highest BCUT2D eigenvalue weighted by Crippen LogP contribution is 2.31. The van der Waals surface area contributed by atoms with Crippen LogP contribution in [0, 0.1) is 11.3 Å². The molecular formula is C17H22ClN7. The minimum atomic E-state index is 0.0411. The predicted octanol–water partition coefficient (Wildman–Crippen LogP) is 2.14. The van der Waals surface area contributed by atoms with Crippen LogP contribution >= 0.6 is 11.6 Å². The molecule has 1 fully saturated rings. The van der Waals surface area contributed by atoms with Crippen molar-refractivity contribution in [1.29, 1.82) is 5.26 Å². The van der Waals surface area contributed by atoms with Crippen LogP contribution in [-0.4, -0.2) is 57.1 Å². The van der Waals surface area contributed by atoms with Crippen LogP contribution in [0.3, 0.4) is 0 Å². The van der Waals surface area contributed by atoms with Gasteiger partial charge in [0, 0.05) is 31.9 Å². The van der Waals surface area contributed by atoms with Gasteiger partial charge in [0.05, 0.1) is 28.9 Å². The molecule has 3 N–H and O–H groups in total. The fourth-order valence-electron chi connectivity index (χ4n) is 2.53. The second kappa shape index (κ2) is 9.06. The molecule has 0 atom stereocenters. The van der Waals surface area contributed by atoms with Crippen LogP contribution in [0.5, 0.6) is 0 Å². The Morgan fingerprint density at radius 1 is 1.44 bits per heavy atom. The summed E-state index contributed by atoms with van der Waals surface area (Å²) in [5, 5.41) is 12.5. The molecule has 0 bridgehead atoms. The zero-order valence-corrected chi connectivity index (χ0v) is 15.0. The van der Waals surface area contributed by atoms with Gasteiger partial charge in [-0.05, 0) is 32.0 Å². The third-order valence-corrected chi connectivity index (χ3v) is 4.21. The number of likely N-dealkylation sites (N-methyl/N-ethyl adjacent to an activating group) is 1. The minimum absolute atomic E-state index is 0.0411. The number of nitrogens with zero attached hydrogens (tertiary/aromatic N) is 5. The second-order valence-electron chi connectivity index (χ2n) is 5.69. The van der Waals surface area contributed by atoms with Crippen molar-refractivity contribution in [2.75, 3.05) is 55.1 Å². The summed E-state index contributed by atoms with van der Waals surface area (Å²) in [5.74, 6) is 0.380. The summed E-state index contributed by atoms with van der Waals surface area (Å²) in [6.45, 7) is 7.15. The molecule has 1 heterocycles. The SMILES string of the molecule is C=N/C=N\C(Nc1cc(N)ccc1N1CCN(C)CC1)=C(\C#N)CCl. The summed E-state index contributed by atoms with van der Waals surface area (Å²) in [6.07, 6.45) is 1.27. The molecule has 8 heteroatoms. The summed E-state index contributed by atoms with van der Waals surface area (Å²) in [7, 11) is 2.11. The number of hydrogen-bond donors (Lipinski definition) is 2. The number of allylic oxidation sites excluding steroid dienone is 1. The van der Waals surface area contributed by atoms with E-state index in [9.17, 15) is 5.26 Å². The van der Waals surface area contributed by atoms with Crippen molar-refractivity contribution in [2.45, 2.75) is 0 Å². The molecule has 2 rings (SSSR count). The number of anilines is 3. The lowest BCUT2D eigenvalue weighted by Gasteiger charge is -2.35. The minimum Gasteiger partial charge on any atom is -0.399 e. The van der Waals surface area contributed by atoms with Crippen LogP contribution < -0.4 is 16.0 Å². The van der Waals surface area contributed by atoms with Gasteiger partial charge in [-0.15, -0.1) is 11.6 Å². The first-order chi connectivity index (χ1) is 12.1. The van der Waals surface area contributed by atoms with Gasteiger partial charge < -0.3 is 20.9 Å². The summed E-state index contributed by atoms with van der Waals surface area (Å²) in [5.41, 5.74) is 8.67. The standard InChI is InChI=1S/C17H22ClN7/c1-21-12-22-17(13(10-18)11-19)23-15-9-14(20)3-4-16(15)25-7-5-24(2)6-8-25/h3-4,9,12,23H,1,5-8,10,20H2,2H3/b17-13-,22-12-. The number of nitrogens with two attached hydrogens (primary N) is 1. The molecule has 0 unspecified atom stereocenters. The Bertz CT molecular complexity index is 712. The molecule has 7 nitrogen and oxygen atoms in total. The quantitative estimate of drug-likeness (QED) is 0.267. The number of hydrogen-bond acceptors (Lipinski definition) is 6. The van der Waals surface area contributed by atoms with Gasteiger partial charge in [-0.2, -0.15) is 5.26 Å². The first-order valence-electron chi connectivity index (χ1n) is 7.86. The first kappa shape index (κ1) is 18.8. The zero-order chi connectivity index (χ0) is 18.2. The summed E-state index contributed by atoms with van der Waals surface area (Å²) in [6, 6.07) is 7.72. The van der Waals surface area contributed by atoms with E-state index in [0.717, 1.165) is 37.6 Å². The van der Waals surface area contributed by atoms with E-state index in [1.54, 1.807) is 0 Å². The molecule has 1 aliphatic rings. The van der Waals surface area contributed by atoms with Crippen LogP contribution in [0.15, 0.2) is 39.6 Å².